The zero-order valence-corrected chi connectivity index (χ0v) is 6.30. The molecule has 0 aromatic carbocycles. The zero-order chi connectivity index (χ0) is 9.14. The summed E-state index contributed by atoms with van der Waals surface area (Å²) in [7, 11) is 1.46. The van der Waals surface area contributed by atoms with Gasteiger partial charge in [-0.2, -0.15) is 4.91 Å². The number of hydrogen-bond acceptors (Lipinski definition) is 5. The molecule has 0 radical (unpaired) electrons. The lowest BCUT2D eigenvalue weighted by Crippen LogP contribution is -2.00. The van der Waals surface area contributed by atoms with Gasteiger partial charge in [0.25, 0.3) is 0 Å². The minimum absolute atomic E-state index is 0.145. The van der Waals surface area contributed by atoms with Crippen LogP contribution in [0.1, 0.15) is 5.82 Å². The van der Waals surface area contributed by atoms with Gasteiger partial charge in [0.15, 0.2) is 6.54 Å². The summed E-state index contributed by atoms with van der Waals surface area (Å²) in [5, 5.41) is 12.9. The van der Waals surface area contributed by atoms with E-state index in [9.17, 15) is 15.0 Å². The van der Waals surface area contributed by atoms with Gasteiger partial charge in [0.05, 0.1) is 7.05 Å². The molecule has 64 valence electrons. The summed E-state index contributed by atoms with van der Waals surface area (Å²) in [6.07, 6.45) is 1.10. The minimum Gasteiger partial charge on any atom is -0.358 e. The average molecular weight is 170 g/mol. The van der Waals surface area contributed by atoms with Crippen LogP contribution in [0.3, 0.4) is 0 Å². The van der Waals surface area contributed by atoms with E-state index in [1.165, 1.54) is 11.6 Å². The van der Waals surface area contributed by atoms with E-state index in [0.717, 1.165) is 6.20 Å². The van der Waals surface area contributed by atoms with Crippen molar-refractivity contribution in [2.24, 2.45) is 12.2 Å². The Morgan fingerprint density at radius 2 is 2.50 bits per heavy atom. The summed E-state index contributed by atoms with van der Waals surface area (Å²) in [4.78, 5) is 23.2. The first-order valence-corrected chi connectivity index (χ1v) is 3.11. The highest BCUT2D eigenvalue weighted by molar-refractivity contribution is 5.18. The topological polar surface area (TPSA) is 90.4 Å². The lowest BCUT2D eigenvalue weighted by Gasteiger charge is -1.93. The third-order valence-electron chi connectivity index (χ3n) is 1.45. The fourth-order valence-electron chi connectivity index (χ4n) is 0.812. The number of nitroso groups, excluding NO2 is 1. The van der Waals surface area contributed by atoms with E-state index in [-0.39, 0.29) is 18.2 Å². The number of nitro groups is 1. The third-order valence-corrected chi connectivity index (χ3v) is 1.45. The lowest BCUT2D eigenvalue weighted by atomic mass is 10.6. The summed E-state index contributed by atoms with van der Waals surface area (Å²) >= 11 is 0. The van der Waals surface area contributed by atoms with E-state index in [4.69, 9.17) is 0 Å². The molecule has 0 aliphatic carbocycles. The fourth-order valence-corrected chi connectivity index (χ4v) is 0.812. The molecule has 0 spiro atoms. The molecule has 0 N–H and O–H groups in total. The molecule has 0 amide bonds. The second-order valence-electron chi connectivity index (χ2n) is 2.14. The van der Waals surface area contributed by atoms with Crippen molar-refractivity contribution < 1.29 is 4.92 Å². The Morgan fingerprint density at radius 1 is 1.83 bits per heavy atom. The lowest BCUT2D eigenvalue weighted by molar-refractivity contribution is -0.391. The molecule has 1 rings (SSSR count). The number of imidazole rings is 1. The van der Waals surface area contributed by atoms with Crippen molar-refractivity contribution in [3.63, 3.8) is 0 Å². The Morgan fingerprint density at radius 3 is 2.92 bits per heavy atom. The zero-order valence-electron chi connectivity index (χ0n) is 6.30. The fraction of sp³-hybridized carbons (Fsp3) is 0.400. The van der Waals surface area contributed by atoms with E-state index in [1.54, 1.807) is 0 Å². The number of aromatic nitrogens is 2. The van der Waals surface area contributed by atoms with Gasteiger partial charge in [-0.1, -0.05) is 5.18 Å². The first-order chi connectivity index (χ1) is 5.66. The highest BCUT2D eigenvalue weighted by atomic mass is 16.6. The van der Waals surface area contributed by atoms with Crippen molar-refractivity contribution in [2.75, 3.05) is 0 Å². The quantitative estimate of drug-likeness (QED) is 0.377. The van der Waals surface area contributed by atoms with E-state index in [0.29, 0.717) is 0 Å². The smallest absolute Gasteiger partial charge is 0.342 e. The Balaban J connectivity index is 3.03. The summed E-state index contributed by atoms with van der Waals surface area (Å²) in [5.74, 6) is 0.144. The van der Waals surface area contributed by atoms with Gasteiger partial charge in [-0.25, -0.2) is 9.55 Å². The van der Waals surface area contributed by atoms with Crippen LogP contribution in [-0.4, -0.2) is 14.5 Å². The maximum atomic E-state index is 10.3. The van der Waals surface area contributed by atoms with E-state index < -0.39 is 4.92 Å². The average Bonchev–Trinajstić information content (AvgIpc) is 2.34. The molecule has 1 heterocycles. The molecular weight excluding hydrogens is 164 g/mol. The van der Waals surface area contributed by atoms with Crippen molar-refractivity contribution in [1.82, 2.24) is 9.55 Å². The van der Waals surface area contributed by atoms with Crippen LogP contribution in [0.15, 0.2) is 11.4 Å². The molecule has 0 aliphatic heterocycles. The summed E-state index contributed by atoms with van der Waals surface area (Å²) in [5.41, 5.74) is 0. The third kappa shape index (κ3) is 1.29. The summed E-state index contributed by atoms with van der Waals surface area (Å²) in [6.45, 7) is -0.148. The Hall–Kier alpha value is -1.79. The molecular formula is C5H6N4O3. The molecule has 0 unspecified atom stereocenters. The van der Waals surface area contributed by atoms with Crippen LogP contribution in [0, 0.1) is 15.0 Å². The largest absolute Gasteiger partial charge is 0.358 e. The van der Waals surface area contributed by atoms with Crippen molar-refractivity contribution in [2.45, 2.75) is 6.54 Å². The second kappa shape index (κ2) is 3.07. The van der Waals surface area contributed by atoms with Crippen LogP contribution < -0.4 is 0 Å². The first-order valence-electron chi connectivity index (χ1n) is 3.11. The van der Waals surface area contributed by atoms with Gasteiger partial charge in [0.2, 0.25) is 5.82 Å². The molecule has 0 saturated carbocycles. The van der Waals surface area contributed by atoms with Crippen molar-refractivity contribution >= 4 is 5.82 Å². The standard InChI is InChI=1S/C5H6N4O3/c1-8-4(2-7-10)6-3-5(8)9(11)12/h3H,2H2,1H3. The maximum absolute atomic E-state index is 10.3. The van der Waals surface area contributed by atoms with Gasteiger partial charge in [-0.05, 0) is 4.92 Å². The maximum Gasteiger partial charge on any atom is 0.342 e. The molecule has 0 aliphatic rings. The van der Waals surface area contributed by atoms with Crippen LogP contribution in [0.2, 0.25) is 0 Å². The SMILES string of the molecule is Cn1c([N+](=O)[O-])cnc1CN=O. The number of hydrogen-bond donors (Lipinski definition) is 0. The molecule has 1 aromatic heterocycles. The second-order valence-corrected chi connectivity index (χ2v) is 2.14. The molecule has 0 saturated heterocycles. The Labute approximate surface area is 67.1 Å². The van der Waals surface area contributed by atoms with Crippen LogP contribution in [-0.2, 0) is 13.6 Å². The van der Waals surface area contributed by atoms with Crippen LogP contribution in [0.5, 0.6) is 0 Å². The Bertz CT molecular complexity index is 318. The minimum atomic E-state index is -0.568. The highest BCUT2D eigenvalue weighted by Gasteiger charge is 2.15. The first kappa shape index (κ1) is 8.31. The van der Waals surface area contributed by atoms with Crippen molar-refractivity contribution in [3.05, 3.63) is 27.0 Å². The Kier molecular flexibility index (Phi) is 2.13. The van der Waals surface area contributed by atoms with Gasteiger partial charge in [0.1, 0.15) is 6.20 Å². The van der Waals surface area contributed by atoms with E-state index in [2.05, 4.69) is 10.2 Å². The van der Waals surface area contributed by atoms with Crippen molar-refractivity contribution in [1.29, 1.82) is 0 Å². The molecule has 0 fully saturated rings. The number of rotatable bonds is 3. The summed E-state index contributed by atoms with van der Waals surface area (Å²) < 4.78 is 1.22. The molecule has 0 bridgehead atoms. The van der Waals surface area contributed by atoms with Crippen molar-refractivity contribution in [3.8, 4) is 0 Å². The van der Waals surface area contributed by atoms with Gasteiger partial charge in [-0.15, -0.1) is 0 Å². The molecule has 12 heavy (non-hydrogen) atoms. The van der Waals surface area contributed by atoms with Crippen LogP contribution >= 0.6 is 0 Å². The van der Waals surface area contributed by atoms with Gasteiger partial charge in [0, 0.05) is 0 Å². The molecule has 1 aromatic rings. The summed E-state index contributed by atoms with van der Waals surface area (Å²) in [6, 6.07) is 0. The van der Waals surface area contributed by atoms with Gasteiger partial charge >= 0.3 is 5.82 Å². The van der Waals surface area contributed by atoms with Crippen LogP contribution in [0.25, 0.3) is 0 Å². The molecule has 7 heteroatoms. The predicted octanol–water partition coefficient (Wildman–Crippen LogP) is 0.595. The monoisotopic (exact) mass is 170 g/mol. The van der Waals surface area contributed by atoms with Gasteiger partial charge in [-0.3, -0.25) is 0 Å². The van der Waals surface area contributed by atoms with Crippen LogP contribution in [0.4, 0.5) is 5.82 Å². The molecule has 0 atom stereocenters. The molecule has 7 nitrogen and oxygen atoms in total. The normalized spacial score (nSPS) is 9.75. The highest BCUT2D eigenvalue weighted by Crippen LogP contribution is 2.11. The van der Waals surface area contributed by atoms with Gasteiger partial charge < -0.3 is 10.1 Å². The number of nitrogens with zero attached hydrogens (tertiary/aromatic N) is 4. The predicted molar refractivity (Wildman–Crippen MR) is 39.4 cm³/mol. The van der Waals surface area contributed by atoms with E-state index >= 15 is 0 Å². The van der Waals surface area contributed by atoms with E-state index in [1.807, 2.05) is 0 Å².